The number of rotatable bonds is 4. The zero-order valence-corrected chi connectivity index (χ0v) is 20.5. The number of halogens is 3. The van der Waals surface area contributed by atoms with Gasteiger partial charge in [-0.15, -0.1) is 0 Å². The van der Waals surface area contributed by atoms with E-state index >= 15 is 0 Å². The largest absolute Gasteiger partial charge is 0.451 e. The standard InChI is InChI=1S/C22H17Cl3N4O4S/c23-13-4-5-14(16(25)12-13)18-6-7-19(33-18)21(30)26-22(34)28-10-8-27(9-11-28)20-15(24)2-1-3-17(20)29(31)32/h1-7,12H,8-11H2,(H,26,30,34). The zero-order valence-electron chi connectivity index (χ0n) is 17.5. The van der Waals surface area contributed by atoms with Crippen molar-refractivity contribution in [3.63, 3.8) is 0 Å². The summed E-state index contributed by atoms with van der Waals surface area (Å²) in [6.07, 6.45) is 0. The van der Waals surface area contributed by atoms with Crippen LogP contribution in [0.15, 0.2) is 52.9 Å². The van der Waals surface area contributed by atoms with Gasteiger partial charge in [0.2, 0.25) is 0 Å². The number of nitro groups is 1. The molecule has 2 aromatic carbocycles. The number of piperazine rings is 1. The second-order valence-electron chi connectivity index (χ2n) is 7.39. The van der Waals surface area contributed by atoms with Crippen LogP contribution in [0.4, 0.5) is 11.4 Å². The monoisotopic (exact) mass is 538 g/mol. The van der Waals surface area contributed by atoms with Crippen LogP contribution in [0.3, 0.4) is 0 Å². The average molecular weight is 540 g/mol. The number of benzene rings is 2. The van der Waals surface area contributed by atoms with Crippen molar-refractivity contribution in [2.75, 3.05) is 31.1 Å². The number of anilines is 1. The van der Waals surface area contributed by atoms with Crippen LogP contribution >= 0.6 is 47.0 Å². The number of nitrogens with zero attached hydrogens (tertiary/aromatic N) is 3. The normalized spacial score (nSPS) is 13.6. The maximum absolute atomic E-state index is 12.7. The lowest BCUT2D eigenvalue weighted by molar-refractivity contribution is -0.384. The summed E-state index contributed by atoms with van der Waals surface area (Å²) in [5, 5.41) is 15.5. The molecular formula is C22H17Cl3N4O4S. The maximum Gasteiger partial charge on any atom is 0.294 e. The molecule has 1 amide bonds. The minimum Gasteiger partial charge on any atom is -0.451 e. The molecule has 34 heavy (non-hydrogen) atoms. The SMILES string of the molecule is O=C(NC(=S)N1CCN(c2c(Cl)cccc2[N+](=O)[O-])CC1)c1ccc(-c2ccc(Cl)cc2Cl)o1. The molecule has 8 nitrogen and oxygen atoms in total. The smallest absolute Gasteiger partial charge is 0.294 e. The molecule has 1 aromatic heterocycles. The summed E-state index contributed by atoms with van der Waals surface area (Å²) in [5.41, 5.74) is 0.941. The molecule has 1 aliphatic heterocycles. The molecule has 1 aliphatic rings. The molecule has 0 radical (unpaired) electrons. The molecule has 0 atom stereocenters. The van der Waals surface area contributed by atoms with Crippen molar-refractivity contribution in [2.45, 2.75) is 0 Å². The molecule has 0 aliphatic carbocycles. The molecule has 176 valence electrons. The van der Waals surface area contributed by atoms with Gasteiger partial charge in [-0.3, -0.25) is 20.2 Å². The fraction of sp³-hybridized carbons (Fsp3) is 0.182. The Balaban J connectivity index is 1.38. The van der Waals surface area contributed by atoms with Crippen LogP contribution in [-0.4, -0.2) is 47.0 Å². The summed E-state index contributed by atoms with van der Waals surface area (Å²) in [6, 6.07) is 12.7. The maximum atomic E-state index is 12.7. The van der Waals surface area contributed by atoms with Gasteiger partial charge in [-0.25, -0.2) is 0 Å². The Morgan fingerprint density at radius 3 is 2.44 bits per heavy atom. The number of carbonyl (C=O) groups is 1. The third kappa shape index (κ3) is 5.12. The Hall–Kier alpha value is -2.85. The van der Waals surface area contributed by atoms with Gasteiger partial charge < -0.3 is 14.2 Å². The molecule has 1 saturated heterocycles. The van der Waals surface area contributed by atoms with Gasteiger partial charge in [0.05, 0.1) is 15.0 Å². The van der Waals surface area contributed by atoms with E-state index in [1.807, 2.05) is 9.80 Å². The number of nitrogens with one attached hydrogen (secondary N) is 1. The Bertz CT molecular complexity index is 1270. The van der Waals surface area contributed by atoms with E-state index in [2.05, 4.69) is 5.32 Å². The lowest BCUT2D eigenvalue weighted by atomic mass is 10.2. The van der Waals surface area contributed by atoms with Crippen molar-refractivity contribution < 1.29 is 14.1 Å². The van der Waals surface area contributed by atoms with Crippen molar-refractivity contribution in [1.82, 2.24) is 10.2 Å². The molecule has 0 unspecified atom stereocenters. The van der Waals surface area contributed by atoms with Crippen LogP contribution in [-0.2, 0) is 0 Å². The van der Waals surface area contributed by atoms with E-state index in [-0.39, 0.29) is 16.6 Å². The topological polar surface area (TPSA) is 91.9 Å². The summed E-state index contributed by atoms with van der Waals surface area (Å²) in [7, 11) is 0. The number of para-hydroxylation sites is 1. The summed E-state index contributed by atoms with van der Waals surface area (Å²) in [5.74, 6) is 0.00638. The predicted octanol–water partition coefficient (Wildman–Crippen LogP) is 5.65. The van der Waals surface area contributed by atoms with Crippen LogP contribution in [0.2, 0.25) is 15.1 Å². The highest BCUT2D eigenvalue weighted by atomic mass is 35.5. The summed E-state index contributed by atoms with van der Waals surface area (Å²) in [6.45, 7) is 1.79. The Morgan fingerprint density at radius 1 is 1.03 bits per heavy atom. The molecule has 0 bridgehead atoms. The number of hydrogen-bond donors (Lipinski definition) is 1. The fourth-order valence-corrected chi connectivity index (χ4v) is 4.70. The lowest BCUT2D eigenvalue weighted by Gasteiger charge is -2.37. The first kappa shape index (κ1) is 24.3. The average Bonchev–Trinajstić information content (AvgIpc) is 3.29. The van der Waals surface area contributed by atoms with Crippen molar-refractivity contribution in [3.05, 3.63) is 79.5 Å². The van der Waals surface area contributed by atoms with Crippen LogP contribution in [0.25, 0.3) is 11.3 Å². The van der Waals surface area contributed by atoms with E-state index in [9.17, 15) is 14.9 Å². The van der Waals surface area contributed by atoms with Crippen LogP contribution in [0.5, 0.6) is 0 Å². The van der Waals surface area contributed by atoms with Gasteiger partial charge in [-0.1, -0.05) is 40.9 Å². The number of hydrogen-bond acceptors (Lipinski definition) is 6. The minimum atomic E-state index is -0.495. The van der Waals surface area contributed by atoms with E-state index in [0.29, 0.717) is 58.3 Å². The fourth-order valence-electron chi connectivity index (χ4n) is 3.63. The number of carbonyl (C=O) groups excluding carboxylic acids is 1. The van der Waals surface area contributed by atoms with E-state index in [0.717, 1.165) is 0 Å². The predicted molar refractivity (Wildman–Crippen MR) is 136 cm³/mol. The Kier molecular flexibility index (Phi) is 7.27. The quantitative estimate of drug-likeness (QED) is 0.260. The van der Waals surface area contributed by atoms with Crippen molar-refractivity contribution in [1.29, 1.82) is 0 Å². The van der Waals surface area contributed by atoms with Gasteiger partial charge in [-0.2, -0.15) is 0 Å². The first-order valence-electron chi connectivity index (χ1n) is 10.1. The van der Waals surface area contributed by atoms with Gasteiger partial charge in [0, 0.05) is 42.8 Å². The second kappa shape index (κ2) is 10.2. The van der Waals surface area contributed by atoms with Gasteiger partial charge in [0.15, 0.2) is 10.9 Å². The van der Waals surface area contributed by atoms with Gasteiger partial charge >= 0.3 is 0 Å². The van der Waals surface area contributed by atoms with E-state index in [1.165, 1.54) is 12.1 Å². The first-order valence-corrected chi connectivity index (χ1v) is 11.6. The van der Waals surface area contributed by atoms with Crippen LogP contribution in [0.1, 0.15) is 10.6 Å². The highest BCUT2D eigenvalue weighted by molar-refractivity contribution is 7.80. The summed E-state index contributed by atoms with van der Waals surface area (Å²) < 4.78 is 5.66. The number of furan rings is 1. The number of thiocarbonyl (C=S) groups is 1. The molecule has 1 fully saturated rings. The van der Waals surface area contributed by atoms with Gasteiger partial charge in [-0.05, 0) is 48.6 Å². The number of amides is 1. The highest BCUT2D eigenvalue weighted by Gasteiger charge is 2.27. The van der Waals surface area contributed by atoms with E-state index < -0.39 is 10.8 Å². The van der Waals surface area contributed by atoms with Crippen molar-refractivity contribution in [2.24, 2.45) is 0 Å². The van der Waals surface area contributed by atoms with E-state index in [4.69, 9.17) is 51.4 Å². The molecule has 12 heteroatoms. The highest BCUT2D eigenvalue weighted by Crippen LogP contribution is 2.36. The number of nitro benzene ring substituents is 1. The van der Waals surface area contributed by atoms with Crippen molar-refractivity contribution in [3.8, 4) is 11.3 Å². The van der Waals surface area contributed by atoms with Gasteiger partial charge in [0.1, 0.15) is 11.4 Å². The molecule has 4 rings (SSSR count). The minimum absolute atomic E-state index is 0.0498. The Morgan fingerprint density at radius 2 is 1.76 bits per heavy atom. The van der Waals surface area contributed by atoms with Crippen LogP contribution in [0, 0.1) is 10.1 Å². The third-order valence-corrected chi connectivity index (χ3v) is 6.51. The molecular weight excluding hydrogens is 523 g/mol. The first-order chi connectivity index (χ1) is 16.2. The zero-order chi connectivity index (χ0) is 24.4. The van der Waals surface area contributed by atoms with Gasteiger partial charge in [0.25, 0.3) is 11.6 Å². The molecule has 3 aromatic rings. The molecule has 0 saturated carbocycles. The lowest BCUT2D eigenvalue weighted by Crippen LogP contribution is -2.52. The molecule has 1 N–H and O–H groups in total. The summed E-state index contributed by atoms with van der Waals surface area (Å²) in [4.78, 5) is 27.3. The second-order valence-corrected chi connectivity index (χ2v) is 9.02. The molecule has 2 heterocycles. The Labute approximate surface area is 215 Å². The summed E-state index contributed by atoms with van der Waals surface area (Å²) >= 11 is 23.8. The van der Waals surface area contributed by atoms with Crippen LogP contribution < -0.4 is 10.2 Å². The third-order valence-electron chi connectivity index (χ3n) is 5.29. The molecule has 0 spiro atoms. The van der Waals surface area contributed by atoms with E-state index in [1.54, 1.807) is 36.4 Å². The van der Waals surface area contributed by atoms with Crippen molar-refractivity contribution >= 4 is 69.4 Å².